The number of hydrogen-bond acceptors (Lipinski definition) is 3. The van der Waals surface area contributed by atoms with Gasteiger partial charge in [-0.25, -0.2) is 4.39 Å². The minimum Gasteiger partial charge on any atom is -0.494 e. The molecule has 0 aromatic heterocycles. The molecule has 0 heterocycles. The van der Waals surface area contributed by atoms with Gasteiger partial charge in [0.15, 0.2) is 11.6 Å². The van der Waals surface area contributed by atoms with Crippen molar-refractivity contribution in [2.45, 2.75) is 6.04 Å². The lowest BCUT2D eigenvalue weighted by Gasteiger charge is -2.06. The number of ether oxygens (including phenoxy) is 1. The average molecular weight is 183 g/mol. The third-order valence-electron chi connectivity index (χ3n) is 1.71. The van der Waals surface area contributed by atoms with Gasteiger partial charge in [-0.2, -0.15) is 0 Å². The van der Waals surface area contributed by atoms with E-state index in [1.54, 1.807) is 6.07 Å². The number of benzene rings is 1. The van der Waals surface area contributed by atoms with Gasteiger partial charge < -0.3 is 15.3 Å². The van der Waals surface area contributed by atoms with E-state index >= 15 is 0 Å². The molecule has 70 valence electrons. The van der Waals surface area contributed by atoms with Crippen LogP contribution in [0.3, 0.4) is 0 Å². The lowest BCUT2D eigenvalue weighted by Crippen LogP contribution is -2.11. The van der Waals surface area contributed by atoms with Crippen LogP contribution < -0.4 is 10.5 Å². The highest BCUT2D eigenvalue weighted by Gasteiger charge is 2.08. The van der Waals surface area contributed by atoms with Gasteiger partial charge in [-0.15, -0.1) is 0 Å². The largest absolute Gasteiger partial charge is 0.494 e. The Bertz CT molecular complexity index is 314. The molecule has 1 aromatic rings. The van der Waals surface area contributed by atoms with Gasteiger partial charge in [-0.1, -0.05) is 6.07 Å². The molecule has 2 N–H and O–H groups in total. The SMILES string of the molecule is COc1ccc(C(N)C=O)cc1F. The summed E-state index contributed by atoms with van der Waals surface area (Å²) in [6.45, 7) is 0. The number of aldehydes is 1. The zero-order valence-corrected chi connectivity index (χ0v) is 7.16. The van der Waals surface area contributed by atoms with Crippen LogP contribution in [0.1, 0.15) is 11.6 Å². The molecule has 3 nitrogen and oxygen atoms in total. The Morgan fingerprint density at radius 2 is 2.31 bits per heavy atom. The maximum atomic E-state index is 13.1. The first-order chi connectivity index (χ1) is 6.19. The summed E-state index contributed by atoms with van der Waals surface area (Å²) in [5.74, 6) is -0.376. The van der Waals surface area contributed by atoms with Crippen LogP contribution in [-0.4, -0.2) is 13.4 Å². The molecule has 0 saturated heterocycles. The van der Waals surface area contributed by atoms with Crippen molar-refractivity contribution in [1.29, 1.82) is 0 Å². The van der Waals surface area contributed by atoms with Gasteiger partial charge in [0.25, 0.3) is 0 Å². The number of carbonyl (C=O) groups excluding carboxylic acids is 1. The number of hydrogen-bond donors (Lipinski definition) is 1. The molecule has 1 aromatic carbocycles. The Morgan fingerprint density at radius 1 is 1.62 bits per heavy atom. The average Bonchev–Trinajstić information content (AvgIpc) is 2.16. The fourth-order valence-corrected chi connectivity index (χ4v) is 0.969. The van der Waals surface area contributed by atoms with Gasteiger partial charge in [-0.3, -0.25) is 0 Å². The van der Waals surface area contributed by atoms with E-state index in [0.29, 0.717) is 11.8 Å². The van der Waals surface area contributed by atoms with Gasteiger partial charge in [0.1, 0.15) is 6.29 Å². The summed E-state index contributed by atoms with van der Waals surface area (Å²) < 4.78 is 17.8. The highest BCUT2D eigenvalue weighted by Crippen LogP contribution is 2.19. The van der Waals surface area contributed by atoms with E-state index in [2.05, 4.69) is 0 Å². The smallest absolute Gasteiger partial charge is 0.165 e. The van der Waals surface area contributed by atoms with Crippen LogP contribution >= 0.6 is 0 Å². The van der Waals surface area contributed by atoms with Crippen molar-refractivity contribution < 1.29 is 13.9 Å². The quantitative estimate of drug-likeness (QED) is 0.712. The van der Waals surface area contributed by atoms with E-state index in [1.807, 2.05) is 0 Å². The monoisotopic (exact) mass is 183 g/mol. The minimum atomic E-state index is -0.777. The molecule has 0 spiro atoms. The van der Waals surface area contributed by atoms with Crippen molar-refractivity contribution in [1.82, 2.24) is 0 Å². The maximum absolute atomic E-state index is 13.1. The number of carbonyl (C=O) groups is 1. The van der Waals surface area contributed by atoms with Gasteiger partial charge >= 0.3 is 0 Å². The van der Waals surface area contributed by atoms with Crippen LogP contribution in [0, 0.1) is 5.82 Å². The van der Waals surface area contributed by atoms with Crippen LogP contribution in [0.25, 0.3) is 0 Å². The Balaban J connectivity index is 3.02. The van der Waals surface area contributed by atoms with Gasteiger partial charge in [0, 0.05) is 0 Å². The first kappa shape index (κ1) is 9.67. The number of nitrogens with two attached hydrogens (primary N) is 1. The van der Waals surface area contributed by atoms with Gasteiger partial charge in [0.05, 0.1) is 13.2 Å². The second-order valence-corrected chi connectivity index (χ2v) is 2.56. The second kappa shape index (κ2) is 4.00. The first-order valence-corrected chi connectivity index (χ1v) is 3.73. The Morgan fingerprint density at radius 3 is 2.77 bits per heavy atom. The summed E-state index contributed by atoms with van der Waals surface area (Å²) in [6.07, 6.45) is 0.557. The third-order valence-corrected chi connectivity index (χ3v) is 1.71. The lowest BCUT2D eigenvalue weighted by atomic mass is 10.1. The van der Waals surface area contributed by atoms with Crippen LogP contribution in [0.2, 0.25) is 0 Å². The summed E-state index contributed by atoms with van der Waals surface area (Å²) in [6, 6.07) is 3.41. The maximum Gasteiger partial charge on any atom is 0.165 e. The second-order valence-electron chi connectivity index (χ2n) is 2.56. The predicted octanol–water partition coefficient (Wildman–Crippen LogP) is 1.03. The molecule has 0 bridgehead atoms. The fourth-order valence-electron chi connectivity index (χ4n) is 0.969. The molecule has 1 atom stereocenters. The van der Waals surface area contributed by atoms with E-state index in [4.69, 9.17) is 10.5 Å². The third kappa shape index (κ3) is 2.03. The summed E-state index contributed by atoms with van der Waals surface area (Å²) in [5.41, 5.74) is 5.82. The van der Waals surface area contributed by atoms with Gasteiger partial charge in [0.2, 0.25) is 0 Å². The van der Waals surface area contributed by atoms with Crippen LogP contribution in [0.4, 0.5) is 4.39 Å². The van der Waals surface area contributed by atoms with Crippen molar-refractivity contribution in [3.8, 4) is 5.75 Å². The molecule has 0 amide bonds. The lowest BCUT2D eigenvalue weighted by molar-refractivity contribution is -0.109. The van der Waals surface area contributed by atoms with Gasteiger partial charge in [-0.05, 0) is 17.7 Å². The van der Waals surface area contributed by atoms with Crippen molar-refractivity contribution in [3.63, 3.8) is 0 Å². The first-order valence-electron chi connectivity index (χ1n) is 3.73. The summed E-state index contributed by atoms with van der Waals surface area (Å²) in [4.78, 5) is 10.3. The predicted molar refractivity (Wildman–Crippen MR) is 45.9 cm³/mol. The van der Waals surface area contributed by atoms with Crippen molar-refractivity contribution in [3.05, 3.63) is 29.6 Å². The molecule has 0 radical (unpaired) electrons. The molecule has 4 heteroatoms. The highest BCUT2D eigenvalue weighted by molar-refractivity contribution is 5.61. The highest BCUT2D eigenvalue weighted by atomic mass is 19.1. The molecule has 0 fully saturated rings. The number of halogens is 1. The Labute approximate surface area is 75.3 Å². The molecular formula is C9H10FNO2. The van der Waals surface area contributed by atoms with Crippen LogP contribution in [0.5, 0.6) is 5.75 Å². The van der Waals surface area contributed by atoms with Crippen LogP contribution in [0.15, 0.2) is 18.2 Å². The van der Waals surface area contributed by atoms with E-state index in [0.717, 1.165) is 0 Å². The fraction of sp³-hybridized carbons (Fsp3) is 0.222. The van der Waals surface area contributed by atoms with Crippen molar-refractivity contribution in [2.24, 2.45) is 5.73 Å². The van der Waals surface area contributed by atoms with E-state index in [1.165, 1.54) is 19.2 Å². The van der Waals surface area contributed by atoms with Crippen LogP contribution in [-0.2, 0) is 4.79 Å². The molecular weight excluding hydrogens is 173 g/mol. The molecule has 0 aliphatic heterocycles. The number of methoxy groups -OCH3 is 1. The van der Waals surface area contributed by atoms with E-state index in [-0.39, 0.29) is 5.75 Å². The van der Waals surface area contributed by atoms with Crippen molar-refractivity contribution >= 4 is 6.29 Å². The summed E-state index contributed by atoms with van der Waals surface area (Å²) >= 11 is 0. The summed E-state index contributed by atoms with van der Waals surface area (Å²) in [7, 11) is 1.37. The van der Waals surface area contributed by atoms with E-state index < -0.39 is 11.9 Å². The minimum absolute atomic E-state index is 0.141. The topological polar surface area (TPSA) is 52.3 Å². The molecule has 1 unspecified atom stereocenters. The standard InChI is InChI=1S/C9H10FNO2/c1-13-9-3-2-6(4-7(9)10)8(11)5-12/h2-5,8H,11H2,1H3. The molecule has 0 aliphatic rings. The normalized spacial score (nSPS) is 12.2. The zero-order valence-electron chi connectivity index (χ0n) is 7.16. The summed E-state index contributed by atoms with van der Waals surface area (Å²) in [5, 5.41) is 0. The number of rotatable bonds is 3. The zero-order chi connectivity index (χ0) is 9.84. The molecule has 0 saturated carbocycles. The molecule has 0 aliphatic carbocycles. The van der Waals surface area contributed by atoms with E-state index in [9.17, 15) is 9.18 Å². The van der Waals surface area contributed by atoms with Crippen molar-refractivity contribution in [2.75, 3.05) is 7.11 Å². The molecule has 1 rings (SSSR count). The Hall–Kier alpha value is -1.42. The molecule has 13 heavy (non-hydrogen) atoms. The Kier molecular flexibility index (Phi) is 2.97.